The van der Waals surface area contributed by atoms with Crippen LogP contribution < -0.4 is 0 Å². The summed E-state index contributed by atoms with van der Waals surface area (Å²) < 4.78 is 37.2. The molecule has 0 bridgehead atoms. The molecule has 3 aliphatic heterocycles. The maximum atomic E-state index is 13.4. The molecule has 14 nitrogen and oxygen atoms in total. The lowest BCUT2D eigenvalue weighted by Gasteiger charge is -2.52. The first-order valence-electron chi connectivity index (χ1n) is 23.0. The molecule has 0 spiro atoms. The van der Waals surface area contributed by atoms with Crippen molar-refractivity contribution < 1.29 is 68.6 Å². The van der Waals surface area contributed by atoms with Crippen molar-refractivity contribution in [2.24, 2.45) is 47.3 Å². The van der Waals surface area contributed by atoms with Crippen LogP contribution in [0.25, 0.3) is 0 Å². The van der Waals surface area contributed by atoms with Gasteiger partial charge in [0.15, 0.2) is 12.1 Å². The minimum Gasteiger partial charge on any atom is -0.458 e. The Morgan fingerprint density at radius 1 is 0.794 bits per heavy atom. The number of rotatable bonds is 16. The minimum absolute atomic E-state index is 0.0567. The molecular formula is C49H80O14. The lowest BCUT2D eigenvalue weighted by Crippen LogP contribution is -2.60. The van der Waals surface area contributed by atoms with Gasteiger partial charge in [0.25, 0.3) is 0 Å². The fourth-order valence-corrected chi connectivity index (χ4v) is 9.40. The average molecular weight is 893 g/mol. The number of hydrogen-bond donors (Lipinski definition) is 6. The first kappa shape index (κ1) is 54.6. The van der Waals surface area contributed by atoms with Gasteiger partial charge in [-0.15, -0.1) is 0 Å². The van der Waals surface area contributed by atoms with Gasteiger partial charge in [-0.3, -0.25) is 0 Å². The van der Waals surface area contributed by atoms with E-state index in [-0.39, 0.29) is 30.8 Å². The normalized spacial score (nSPS) is 39.0. The van der Waals surface area contributed by atoms with E-state index in [1.54, 1.807) is 71.1 Å². The van der Waals surface area contributed by atoms with Crippen LogP contribution in [0.5, 0.6) is 0 Å². The second-order valence-electron chi connectivity index (χ2n) is 18.4. The summed E-state index contributed by atoms with van der Waals surface area (Å²) in [4.78, 5) is 26.7. The van der Waals surface area contributed by atoms with Gasteiger partial charge in [0.05, 0.1) is 48.8 Å². The third-order valence-corrected chi connectivity index (χ3v) is 13.9. The summed E-state index contributed by atoms with van der Waals surface area (Å²) >= 11 is 0. The number of carbonyl (C=O) groups is 2. The highest BCUT2D eigenvalue weighted by Crippen LogP contribution is 2.44. The first-order valence-corrected chi connectivity index (χ1v) is 23.0. The third kappa shape index (κ3) is 14.6. The maximum Gasteiger partial charge on any atom is 0.331 e. The predicted octanol–water partition coefficient (Wildman–Crippen LogP) is 5.33. The molecule has 63 heavy (non-hydrogen) atoms. The summed E-state index contributed by atoms with van der Waals surface area (Å²) in [5, 5.41) is 65.1. The number of aliphatic hydroxyl groups is 6. The Kier molecular flexibility index (Phi) is 21.9. The Bertz CT molecular complexity index is 1550. The van der Waals surface area contributed by atoms with Crippen molar-refractivity contribution in [3.8, 4) is 0 Å². The molecule has 3 heterocycles. The number of hydrogen-bond acceptors (Lipinski definition) is 14. The third-order valence-electron chi connectivity index (χ3n) is 13.9. The monoisotopic (exact) mass is 893 g/mol. The molecule has 0 aliphatic carbocycles. The van der Waals surface area contributed by atoms with Gasteiger partial charge >= 0.3 is 11.9 Å². The molecule has 0 saturated carbocycles. The van der Waals surface area contributed by atoms with Crippen LogP contribution in [0.3, 0.4) is 0 Å². The second-order valence-corrected chi connectivity index (χ2v) is 18.4. The molecule has 21 atom stereocenters. The van der Waals surface area contributed by atoms with Crippen LogP contribution in [0.15, 0.2) is 60.8 Å². The van der Waals surface area contributed by atoms with E-state index in [2.05, 4.69) is 0 Å². The van der Waals surface area contributed by atoms with Gasteiger partial charge in [0.1, 0.15) is 18.3 Å². The lowest BCUT2D eigenvalue weighted by atomic mass is 9.76. The number of aliphatic hydroxyl groups excluding tert-OH is 6. The summed E-state index contributed by atoms with van der Waals surface area (Å²) in [5.74, 6) is -6.18. The highest BCUT2D eigenvalue weighted by atomic mass is 16.7. The Labute approximate surface area is 376 Å². The standard InChI is InChI=1S/C49H80O14/c1-13-36(33(9)50)23-24-38(51)29(5)44(55)30(6)47-27(3)19-15-17-22-42(54)62-48(28(4)20-16-18-21-41(53)61-47)31(7)45(56)32(8)49(58-12)26-40(37(14-2)34(10)63-49)60-43-25-39(52)46(57)35(11)59-43/h15-24,27-40,43-48,50-52,55-57H,13-14,25-26H2,1-12H3/b19-15+,20-16+,21-18+,22-17+,24-23+/t27-,28-,29+,30-,31-,32-,33+,34+,35-,36-,37+,38?,39-,40+,43-,44-,45+,46+,47-,48-,49+/m0/s1. The molecular weight excluding hydrogens is 813 g/mol. The highest BCUT2D eigenvalue weighted by Gasteiger charge is 2.53. The average Bonchev–Trinajstić information content (AvgIpc) is 3.24. The molecule has 3 rings (SSSR count). The Morgan fingerprint density at radius 3 is 1.81 bits per heavy atom. The molecule has 6 N–H and O–H groups in total. The predicted molar refractivity (Wildman–Crippen MR) is 238 cm³/mol. The smallest absolute Gasteiger partial charge is 0.331 e. The van der Waals surface area contributed by atoms with Crippen LogP contribution in [0.2, 0.25) is 0 Å². The molecule has 1 unspecified atom stereocenters. The number of cyclic esters (lactones) is 2. The molecule has 0 amide bonds. The van der Waals surface area contributed by atoms with Gasteiger partial charge in [-0.25, -0.2) is 9.59 Å². The first-order chi connectivity index (χ1) is 29.6. The van der Waals surface area contributed by atoms with Gasteiger partial charge in [-0.2, -0.15) is 0 Å². The number of ether oxygens (including phenoxy) is 6. The molecule has 360 valence electrons. The van der Waals surface area contributed by atoms with Crippen LogP contribution in [0, 0.1) is 47.3 Å². The molecule has 14 heteroatoms. The van der Waals surface area contributed by atoms with E-state index in [4.69, 9.17) is 28.4 Å². The molecule has 0 aromatic carbocycles. The Morgan fingerprint density at radius 2 is 1.33 bits per heavy atom. The molecule has 0 aromatic heterocycles. The fourth-order valence-electron chi connectivity index (χ4n) is 9.40. The van der Waals surface area contributed by atoms with Gasteiger partial charge < -0.3 is 59.1 Å². The zero-order valence-corrected chi connectivity index (χ0v) is 39.6. The molecule has 2 saturated heterocycles. The Balaban J connectivity index is 1.82. The molecule has 0 aromatic rings. The van der Waals surface area contributed by atoms with E-state index < -0.39 is 121 Å². The fraction of sp³-hybridized carbons (Fsp3) is 0.755. The van der Waals surface area contributed by atoms with E-state index >= 15 is 0 Å². The van der Waals surface area contributed by atoms with Gasteiger partial charge in [0, 0.05) is 79.4 Å². The molecule has 0 radical (unpaired) electrons. The zero-order valence-electron chi connectivity index (χ0n) is 39.6. The van der Waals surface area contributed by atoms with Gasteiger partial charge in [-0.1, -0.05) is 104 Å². The Hall–Kier alpha value is -2.76. The lowest BCUT2D eigenvalue weighted by molar-refractivity contribution is -0.352. The van der Waals surface area contributed by atoms with E-state index in [1.807, 2.05) is 41.5 Å². The van der Waals surface area contributed by atoms with Crippen molar-refractivity contribution in [1.82, 2.24) is 0 Å². The summed E-state index contributed by atoms with van der Waals surface area (Å²) in [6.07, 6.45) is 7.90. The van der Waals surface area contributed by atoms with Crippen molar-refractivity contribution in [1.29, 1.82) is 0 Å². The van der Waals surface area contributed by atoms with Crippen LogP contribution in [-0.2, 0) is 38.0 Å². The van der Waals surface area contributed by atoms with E-state index in [9.17, 15) is 40.2 Å². The van der Waals surface area contributed by atoms with Crippen LogP contribution >= 0.6 is 0 Å². The minimum atomic E-state index is -1.31. The largest absolute Gasteiger partial charge is 0.458 e. The second kappa shape index (κ2) is 25.2. The van der Waals surface area contributed by atoms with Crippen LogP contribution in [0.1, 0.15) is 102 Å². The summed E-state index contributed by atoms with van der Waals surface area (Å²) in [5.41, 5.74) is 0. The summed E-state index contributed by atoms with van der Waals surface area (Å²) in [6, 6.07) is 0. The quantitative estimate of drug-likeness (QED) is 0.0855. The van der Waals surface area contributed by atoms with Gasteiger partial charge in [-0.05, 0) is 33.6 Å². The number of allylic oxidation sites excluding steroid dienone is 4. The summed E-state index contributed by atoms with van der Waals surface area (Å²) in [6.45, 7) is 20.1. The highest BCUT2D eigenvalue weighted by molar-refractivity contribution is 5.83. The van der Waals surface area contributed by atoms with Crippen LogP contribution in [0.4, 0.5) is 0 Å². The molecule has 3 aliphatic rings. The van der Waals surface area contributed by atoms with Crippen LogP contribution in [-0.4, -0.2) is 129 Å². The SMILES string of the molecule is CC[C@@H]1[C@@H](C)O[C@@](OC)([C@@H](C)[C@H](O)[C@H](C)[C@H]2OC(=O)/C=C/C=C/[C@H](C)[C@@H]([C@@H](C)[C@@H](O)[C@H](C)C(O)/C=C/[C@H](CC)[C@@H](C)O)OC(=O)/C=C/C=C/[C@@H]2C)C[C@H]1O[C@H]1C[C@H](O)[C@H](O)[C@H](C)O1. The zero-order chi connectivity index (χ0) is 47.3. The topological polar surface area (TPSA) is 211 Å². The van der Waals surface area contributed by atoms with E-state index in [0.717, 1.165) is 6.42 Å². The van der Waals surface area contributed by atoms with Crippen molar-refractivity contribution in [3.63, 3.8) is 0 Å². The van der Waals surface area contributed by atoms with E-state index in [0.29, 0.717) is 6.42 Å². The molecule has 2 fully saturated rings. The van der Waals surface area contributed by atoms with Crippen molar-refractivity contribution in [3.05, 3.63) is 60.8 Å². The van der Waals surface area contributed by atoms with Crippen molar-refractivity contribution in [2.45, 2.75) is 181 Å². The number of methoxy groups -OCH3 is 1. The summed E-state index contributed by atoms with van der Waals surface area (Å²) in [7, 11) is 1.52. The number of esters is 2. The number of carbonyl (C=O) groups excluding carboxylic acids is 2. The van der Waals surface area contributed by atoms with Gasteiger partial charge in [0.2, 0.25) is 0 Å². The maximum absolute atomic E-state index is 13.4. The van der Waals surface area contributed by atoms with Crippen molar-refractivity contribution in [2.75, 3.05) is 7.11 Å². The van der Waals surface area contributed by atoms with Crippen molar-refractivity contribution >= 4 is 11.9 Å². The van der Waals surface area contributed by atoms with E-state index in [1.165, 1.54) is 31.4 Å².